The second-order valence-electron chi connectivity index (χ2n) is 8.02. The number of anilines is 1. The molecule has 0 saturated heterocycles. The number of guanidine groups is 1. The molecule has 1 heterocycles. The summed E-state index contributed by atoms with van der Waals surface area (Å²) >= 11 is 0. The van der Waals surface area contributed by atoms with Crippen molar-refractivity contribution in [3.8, 4) is 5.75 Å². The number of phenolic OH excluding ortho intramolecular Hbond substituents is 1. The molecule has 7 heteroatoms. The van der Waals surface area contributed by atoms with Gasteiger partial charge in [0, 0.05) is 36.7 Å². The lowest BCUT2D eigenvalue weighted by molar-refractivity contribution is -0.116. The first-order valence-electron chi connectivity index (χ1n) is 10.9. The normalized spacial score (nSPS) is 17.6. The molecule has 4 N–H and O–H groups in total. The van der Waals surface area contributed by atoms with Gasteiger partial charge in [-0.3, -0.25) is 4.79 Å². The molecule has 166 valence electrons. The second kappa shape index (κ2) is 10.8. The number of carbonyl (C=O) groups excluding carboxylic acids is 1. The van der Waals surface area contributed by atoms with Crippen LogP contribution in [0.15, 0.2) is 41.4 Å². The zero-order valence-corrected chi connectivity index (χ0v) is 20.2. The van der Waals surface area contributed by atoms with Gasteiger partial charge in [-0.2, -0.15) is 0 Å². The van der Waals surface area contributed by atoms with Gasteiger partial charge >= 0.3 is 0 Å². The molecule has 6 nitrogen and oxygen atoms in total. The van der Waals surface area contributed by atoms with Gasteiger partial charge in [0.2, 0.25) is 5.91 Å². The third-order valence-corrected chi connectivity index (χ3v) is 5.99. The number of amides is 1. The van der Waals surface area contributed by atoms with E-state index in [9.17, 15) is 9.90 Å². The van der Waals surface area contributed by atoms with E-state index in [4.69, 9.17) is 4.99 Å². The van der Waals surface area contributed by atoms with Gasteiger partial charge in [0.1, 0.15) is 5.75 Å². The Hall–Kier alpha value is -2.29. The predicted molar refractivity (Wildman–Crippen MR) is 135 cm³/mol. The van der Waals surface area contributed by atoms with Gasteiger partial charge in [-0.05, 0) is 61.4 Å². The Balaban J connectivity index is 0.00000272. The maximum Gasteiger partial charge on any atom is 0.225 e. The Morgan fingerprint density at radius 1 is 1.16 bits per heavy atom. The lowest BCUT2D eigenvalue weighted by Gasteiger charge is -2.26. The highest BCUT2D eigenvalue weighted by molar-refractivity contribution is 14.0. The van der Waals surface area contributed by atoms with Crippen LogP contribution in [0.5, 0.6) is 5.75 Å². The molecule has 1 amide bonds. The van der Waals surface area contributed by atoms with E-state index < -0.39 is 0 Å². The highest BCUT2D eigenvalue weighted by Crippen LogP contribution is 2.32. The standard InChI is InChI=1S/C24H30N4O2.HI/c1-2-25-24(26-14-17-13-23(30)28-21-10-6-5-9-19(17)21)27-15-20-18-8-4-3-7-16(18)11-12-22(20)29;/h5-6,9-12,17,29H,2-4,7-8,13-15H2,1H3,(H,28,30)(H2,25,26,27);1H. The smallest absolute Gasteiger partial charge is 0.225 e. The number of nitrogens with one attached hydrogen (secondary N) is 3. The number of hydrogen-bond donors (Lipinski definition) is 4. The van der Waals surface area contributed by atoms with Crippen molar-refractivity contribution >= 4 is 41.5 Å². The van der Waals surface area contributed by atoms with Crippen molar-refractivity contribution in [1.82, 2.24) is 10.6 Å². The fourth-order valence-electron chi connectivity index (χ4n) is 4.47. The number of nitrogens with zero attached hydrogens (tertiary/aromatic N) is 1. The molecule has 1 unspecified atom stereocenters. The zero-order valence-electron chi connectivity index (χ0n) is 17.9. The van der Waals surface area contributed by atoms with E-state index in [0.29, 0.717) is 31.2 Å². The van der Waals surface area contributed by atoms with E-state index in [1.54, 1.807) is 6.07 Å². The highest BCUT2D eigenvalue weighted by atomic mass is 127. The summed E-state index contributed by atoms with van der Waals surface area (Å²) in [5.41, 5.74) is 5.58. The Morgan fingerprint density at radius 3 is 2.81 bits per heavy atom. The van der Waals surface area contributed by atoms with Gasteiger partial charge < -0.3 is 21.1 Å². The predicted octanol–water partition coefficient (Wildman–Crippen LogP) is 4.07. The number of fused-ring (bicyclic) bond motifs is 2. The molecule has 2 aromatic carbocycles. The van der Waals surface area contributed by atoms with Crippen LogP contribution in [0, 0.1) is 0 Å². The summed E-state index contributed by atoms with van der Waals surface area (Å²) in [5.74, 6) is 1.17. The van der Waals surface area contributed by atoms with E-state index in [1.807, 2.05) is 31.2 Å². The summed E-state index contributed by atoms with van der Waals surface area (Å²) in [4.78, 5) is 16.8. The summed E-state index contributed by atoms with van der Waals surface area (Å²) in [5, 5.41) is 20.1. The Kier molecular flexibility index (Phi) is 8.17. The van der Waals surface area contributed by atoms with Crippen LogP contribution in [-0.2, 0) is 24.2 Å². The first-order chi connectivity index (χ1) is 14.7. The molecule has 0 fully saturated rings. The first kappa shape index (κ1) is 23.4. The summed E-state index contributed by atoms with van der Waals surface area (Å²) in [6, 6.07) is 11.8. The molecule has 1 aliphatic carbocycles. The topological polar surface area (TPSA) is 85.8 Å². The number of carbonyl (C=O) groups is 1. The average Bonchev–Trinajstić information content (AvgIpc) is 2.76. The van der Waals surface area contributed by atoms with Crippen LogP contribution in [0.1, 0.15) is 54.4 Å². The number of phenols is 1. The molecule has 2 aromatic rings. The van der Waals surface area contributed by atoms with E-state index in [-0.39, 0.29) is 35.8 Å². The summed E-state index contributed by atoms with van der Waals surface area (Å²) in [6.07, 6.45) is 4.91. The lowest BCUT2D eigenvalue weighted by Crippen LogP contribution is -2.40. The molecule has 0 radical (unpaired) electrons. The van der Waals surface area contributed by atoms with Crippen LogP contribution in [0.3, 0.4) is 0 Å². The molecule has 31 heavy (non-hydrogen) atoms. The number of aryl methyl sites for hydroxylation is 1. The van der Waals surface area contributed by atoms with Crippen molar-refractivity contribution < 1.29 is 9.90 Å². The fourth-order valence-corrected chi connectivity index (χ4v) is 4.47. The van der Waals surface area contributed by atoms with Crippen LogP contribution >= 0.6 is 24.0 Å². The van der Waals surface area contributed by atoms with Gasteiger partial charge in [-0.1, -0.05) is 24.3 Å². The first-order valence-corrected chi connectivity index (χ1v) is 10.9. The highest BCUT2D eigenvalue weighted by Gasteiger charge is 2.24. The molecule has 0 spiro atoms. The average molecular weight is 534 g/mol. The molecular formula is C24H31IN4O2. The second-order valence-corrected chi connectivity index (χ2v) is 8.02. The Bertz CT molecular complexity index is 961. The van der Waals surface area contributed by atoms with Crippen molar-refractivity contribution in [3.05, 3.63) is 58.7 Å². The van der Waals surface area contributed by atoms with Gasteiger partial charge in [0.15, 0.2) is 5.96 Å². The van der Waals surface area contributed by atoms with Gasteiger partial charge in [0.25, 0.3) is 0 Å². The number of hydrogen-bond acceptors (Lipinski definition) is 3. The number of halogens is 1. The number of para-hydroxylation sites is 1. The van der Waals surface area contributed by atoms with E-state index in [2.05, 4.69) is 22.0 Å². The minimum atomic E-state index is 0. The van der Waals surface area contributed by atoms with Crippen LogP contribution in [0.4, 0.5) is 5.69 Å². The minimum Gasteiger partial charge on any atom is -0.508 e. The maximum atomic E-state index is 12.1. The molecule has 0 saturated carbocycles. The Morgan fingerprint density at radius 2 is 1.97 bits per heavy atom. The maximum absolute atomic E-state index is 12.1. The fraction of sp³-hybridized carbons (Fsp3) is 0.417. The summed E-state index contributed by atoms with van der Waals surface area (Å²) < 4.78 is 0. The molecule has 0 bridgehead atoms. The zero-order chi connectivity index (χ0) is 20.9. The van der Waals surface area contributed by atoms with E-state index in [1.165, 1.54) is 17.5 Å². The van der Waals surface area contributed by atoms with Gasteiger partial charge in [-0.15, -0.1) is 24.0 Å². The monoisotopic (exact) mass is 534 g/mol. The summed E-state index contributed by atoms with van der Waals surface area (Å²) in [6.45, 7) is 3.83. The van der Waals surface area contributed by atoms with E-state index >= 15 is 0 Å². The third kappa shape index (κ3) is 5.50. The Labute approximate surface area is 201 Å². The molecule has 0 aromatic heterocycles. The number of aromatic hydroxyl groups is 1. The molecular weight excluding hydrogens is 503 g/mol. The quantitative estimate of drug-likeness (QED) is 0.265. The van der Waals surface area contributed by atoms with Crippen LogP contribution < -0.4 is 16.0 Å². The third-order valence-electron chi connectivity index (χ3n) is 5.99. The molecule has 1 atom stereocenters. The van der Waals surface area contributed by atoms with E-state index in [0.717, 1.165) is 42.6 Å². The molecule has 2 aliphatic rings. The number of aliphatic imine (C=N–C) groups is 1. The van der Waals surface area contributed by atoms with Crippen molar-refractivity contribution in [2.24, 2.45) is 4.99 Å². The number of rotatable bonds is 5. The number of benzene rings is 2. The minimum absolute atomic E-state index is 0. The molecule has 4 rings (SSSR count). The largest absolute Gasteiger partial charge is 0.508 e. The molecule has 1 aliphatic heterocycles. The van der Waals surface area contributed by atoms with Crippen LogP contribution in [-0.4, -0.2) is 30.1 Å². The van der Waals surface area contributed by atoms with Crippen molar-refractivity contribution in [2.75, 3.05) is 18.4 Å². The van der Waals surface area contributed by atoms with Crippen LogP contribution in [0.2, 0.25) is 0 Å². The SMILES string of the molecule is CCNC(=NCc1c(O)ccc2c1CCCC2)NCC1CC(=O)Nc2ccccc21.I. The van der Waals surface area contributed by atoms with Gasteiger partial charge in [-0.25, -0.2) is 4.99 Å². The summed E-state index contributed by atoms with van der Waals surface area (Å²) in [7, 11) is 0. The van der Waals surface area contributed by atoms with Crippen molar-refractivity contribution in [3.63, 3.8) is 0 Å². The lowest BCUT2D eigenvalue weighted by atomic mass is 9.88. The van der Waals surface area contributed by atoms with Crippen molar-refractivity contribution in [2.45, 2.75) is 51.5 Å². The van der Waals surface area contributed by atoms with Crippen molar-refractivity contribution in [1.29, 1.82) is 0 Å². The van der Waals surface area contributed by atoms with Crippen LogP contribution in [0.25, 0.3) is 0 Å². The van der Waals surface area contributed by atoms with Gasteiger partial charge in [0.05, 0.1) is 6.54 Å².